The van der Waals surface area contributed by atoms with Crippen molar-refractivity contribution < 1.29 is 13.2 Å². The van der Waals surface area contributed by atoms with E-state index >= 15 is 0 Å². The molecule has 7 heteroatoms. The molecule has 16 heavy (non-hydrogen) atoms. The molecule has 0 bridgehead atoms. The fourth-order valence-electron chi connectivity index (χ4n) is 1.37. The number of H-pyrrole nitrogens is 1. The molecule has 0 amide bonds. The van der Waals surface area contributed by atoms with Gasteiger partial charge in [-0.25, -0.2) is 0 Å². The van der Waals surface area contributed by atoms with Crippen molar-refractivity contribution in [2.75, 3.05) is 5.73 Å². The number of nitrogen functional groups attached to an aromatic ring is 1. The van der Waals surface area contributed by atoms with E-state index in [4.69, 9.17) is 5.73 Å². The van der Waals surface area contributed by atoms with E-state index in [2.05, 4.69) is 10.1 Å². The molecule has 0 radical (unpaired) electrons. The van der Waals surface area contributed by atoms with Gasteiger partial charge in [0.05, 0.1) is 5.56 Å². The molecule has 0 aliphatic heterocycles. The van der Waals surface area contributed by atoms with Crippen LogP contribution >= 0.6 is 0 Å². The maximum Gasteiger partial charge on any atom is 0.433 e. The lowest BCUT2D eigenvalue weighted by atomic mass is 10.1. The molecule has 0 unspecified atom stereocenters. The number of halogens is 3. The standard InChI is InChI=1S/C9H7F3N4/c10-9(11,12)7-6(8(13)16-15-7)5-1-3-14-4-2-5/h1-4H,(H3,13,15,16). The Morgan fingerprint density at radius 2 is 1.81 bits per heavy atom. The van der Waals surface area contributed by atoms with Gasteiger partial charge < -0.3 is 5.73 Å². The molecule has 2 rings (SSSR count). The second-order valence-electron chi connectivity index (χ2n) is 3.09. The van der Waals surface area contributed by atoms with Gasteiger partial charge in [-0.2, -0.15) is 18.3 Å². The Morgan fingerprint density at radius 1 is 1.19 bits per heavy atom. The monoisotopic (exact) mass is 228 g/mol. The number of hydrogen-bond donors (Lipinski definition) is 2. The second-order valence-corrected chi connectivity index (χ2v) is 3.09. The SMILES string of the molecule is Nc1n[nH]c(C(F)(F)F)c1-c1ccncc1. The zero-order chi connectivity index (χ0) is 11.8. The van der Waals surface area contributed by atoms with Gasteiger partial charge in [0.15, 0.2) is 5.82 Å². The zero-order valence-corrected chi connectivity index (χ0v) is 7.92. The van der Waals surface area contributed by atoms with E-state index in [-0.39, 0.29) is 11.4 Å². The minimum atomic E-state index is -4.51. The molecular formula is C9H7F3N4. The maximum absolute atomic E-state index is 12.6. The number of pyridine rings is 1. The van der Waals surface area contributed by atoms with E-state index in [9.17, 15) is 13.2 Å². The number of aromatic amines is 1. The van der Waals surface area contributed by atoms with Gasteiger partial charge in [0, 0.05) is 12.4 Å². The highest BCUT2D eigenvalue weighted by molar-refractivity contribution is 5.76. The summed E-state index contributed by atoms with van der Waals surface area (Å²) in [5.74, 6) is -0.182. The molecule has 2 aromatic rings. The average Bonchev–Trinajstić information content (AvgIpc) is 2.61. The Morgan fingerprint density at radius 3 is 2.38 bits per heavy atom. The van der Waals surface area contributed by atoms with Gasteiger partial charge in [-0.15, -0.1) is 0 Å². The van der Waals surface area contributed by atoms with Crippen LogP contribution in [0, 0.1) is 0 Å². The average molecular weight is 228 g/mol. The van der Waals surface area contributed by atoms with Gasteiger partial charge in [0.25, 0.3) is 0 Å². The summed E-state index contributed by atoms with van der Waals surface area (Å²) in [6, 6.07) is 2.88. The molecule has 0 spiro atoms. The Labute approximate surface area is 88.3 Å². The Kier molecular flexibility index (Phi) is 2.30. The number of nitrogens with two attached hydrogens (primary N) is 1. The van der Waals surface area contributed by atoms with Crippen LogP contribution in [0.15, 0.2) is 24.5 Å². The van der Waals surface area contributed by atoms with Crippen molar-refractivity contribution in [2.24, 2.45) is 0 Å². The first kappa shape index (κ1) is 10.5. The molecule has 2 aromatic heterocycles. The van der Waals surface area contributed by atoms with Crippen molar-refractivity contribution >= 4 is 5.82 Å². The van der Waals surface area contributed by atoms with E-state index in [1.165, 1.54) is 24.5 Å². The summed E-state index contributed by atoms with van der Waals surface area (Å²) in [6.45, 7) is 0. The highest BCUT2D eigenvalue weighted by atomic mass is 19.4. The van der Waals surface area contributed by atoms with Gasteiger partial charge >= 0.3 is 6.18 Å². The summed E-state index contributed by atoms with van der Waals surface area (Å²) in [5, 5.41) is 5.26. The lowest BCUT2D eigenvalue weighted by molar-refractivity contribution is -0.140. The van der Waals surface area contributed by atoms with Crippen LogP contribution in [0.4, 0.5) is 19.0 Å². The predicted octanol–water partition coefficient (Wildman–Crippen LogP) is 2.07. The van der Waals surface area contributed by atoms with E-state index in [0.29, 0.717) is 5.56 Å². The Hall–Kier alpha value is -2.05. The van der Waals surface area contributed by atoms with Crippen LogP contribution in [0.5, 0.6) is 0 Å². The number of aromatic nitrogens is 3. The minimum absolute atomic E-state index is 0.144. The van der Waals surface area contributed by atoms with Gasteiger partial charge in [-0.1, -0.05) is 0 Å². The number of hydrogen-bond acceptors (Lipinski definition) is 3. The molecule has 84 valence electrons. The van der Waals surface area contributed by atoms with Crippen molar-refractivity contribution in [3.63, 3.8) is 0 Å². The largest absolute Gasteiger partial charge is 0.433 e. The second kappa shape index (κ2) is 3.51. The van der Waals surface area contributed by atoms with Gasteiger partial charge in [0.2, 0.25) is 0 Å². The van der Waals surface area contributed by atoms with Gasteiger partial charge in [-0.05, 0) is 17.7 Å². The summed E-state index contributed by atoms with van der Waals surface area (Å²) in [4.78, 5) is 3.72. The smallest absolute Gasteiger partial charge is 0.382 e. The fourth-order valence-corrected chi connectivity index (χ4v) is 1.37. The minimum Gasteiger partial charge on any atom is -0.382 e. The molecule has 0 fully saturated rings. The van der Waals surface area contributed by atoms with Crippen molar-refractivity contribution in [3.05, 3.63) is 30.2 Å². The van der Waals surface area contributed by atoms with Gasteiger partial charge in [-0.3, -0.25) is 10.1 Å². The van der Waals surface area contributed by atoms with Crippen molar-refractivity contribution in [1.29, 1.82) is 0 Å². The molecular weight excluding hydrogens is 221 g/mol. The molecule has 0 saturated carbocycles. The summed E-state index contributed by atoms with van der Waals surface area (Å²) >= 11 is 0. The first-order valence-electron chi connectivity index (χ1n) is 4.31. The highest BCUT2D eigenvalue weighted by Gasteiger charge is 2.37. The third-order valence-electron chi connectivity index (χ3n) is 2.05. The fraction of sp³-hybridized carbons (Fsp3) is 0.111. The molecule has 0 aliphatic carbocycles. The van der Waals surface area contributed by atoms with Crippen molar-refractivity contribution in [2.45, 2.75) is 6.18 Å². The van der Waals surface area contributed by atoms with Crippen LogP contribution in [0.25, 0.3) is 11.1 Å². The number of rotatable bonds is 1. The Balaban J connectivity index is 2.61. The van der Waals surface area contributed by atoms with E-state index < -0.39 is 11.9 Å². The topological polar surface area (TPSA) is 67.6 Å². The molecule has 4 nitrogen and oxygen atoms in total. The summed E-state index contributed by atoms with van der Waals surface area (Å²) in [5.41, 5.74) is 4.64. The normalized spacial score (nSPS) is 11.7. The van der Waals surface area contributed by atoms with E-state index in [1.54, 1.807) is 0 Å². The first-order valence-corrected chi connectivity index (χ1v) is 4.31. The molecule has 0 aliphatic rings. The van der Waals surface area contributed by atoms with Crippen LogP contribution in [0.3, 0.4) is 0 Å². The third-order valence-corrected chi connectivity index (χ3v) is 2.05. The summed E-state index contributed by atoms with van der Waals surface area (Å²) in [6.07, 6.45) is -1.73. The predicted molar refractivity (Wildman–Crippen MR) is 51.2 cm³/mol. The zero-order valence-electron chi connectivity index (χ0n) is 7.92. The molecule has 3 N–H and O–H groups in total. The van der Waals surface area contributed by atoms with E-state index in [0.717, 1.165) is 0 Å². The molecule has 0 saturated heterocycles. The lowest BCUT2D eigenvalue weighted by Crippen LogP contribution is -2.07. The highest BCUT2D eigenvalue weighted by Crippen LogP contribution is 2.38. The Bertz CT molecular complexity index is 489. The lowest BCUT2D eigenvalue weighted by Gasteiger charge is -2.07. The van der Waals surface area contributed by atoms with Crippen molar-refractivity contribution in [3.8, 4) is 11.1 Å². The number of nitrogens with one attached hydrogen (secondary N) is 1. The van der Waals surface area contributed by atoms with Crippen molar-refractivity contribution in [1.82, 2.24) is 15.2 Å². The first-order chi connectivity index (χ1) is 7.50. The third kappa shape index (κ3) is 1.71. The summed E-state index contributed by atoms with van der Waals surface area (Å²) in [7, 11) is 0. The quantitative estimate of drug-likeness (QED) is 0.785. The van der Waals surface area contributed by atoms with Gasteiger partial charge in [0.1, 0.15) is 5.69 Å². The summed E-state index contributed by atoms with van der Waals surface area (Å²) < 4.78 is 37.8. The number of anilines is 1. The maximum atomic E-state index is 12.6. The number of nitrogens with zero attached hydrogens (tertiary/aromatic N) is 2. The van der Waals surface area contributed by atoms with Crippen LogP contribution < -0.4 is 5.73 Å². The van der Waals surface area contributed by atoms with E-state index in [1.807, 2.05) is 5.10 Å². The van der Waals surface area contributed by atoms with Crippen LogP contribution in [0.2, 0.25) is 0 Å². The molecule has 0 aromatic carbocycles. The van der Waals surface area contributed by atoms with Crippen LogP contribution in [0.1, 0.15) is 5.69 Å². The van der Waals surface area contributed by atoms with Crippen LogP contribution in [-0.2, 0) is 6.18 Å². The van der Waals surface area contributed by atoms with Crippen LogP contribution in [-0.4, -0.2) is 15.2 Å². The number of alkyl halides is 3. The molecule has 0 atom stereocenters. The molecule has 2 heterocycles.